The molecule has 0 saturated heterocycles. The van der Waals surface area contributed by atoms with E-state index < -0.39 is 0 Å². The zero-order valence-electron chi connectivity index (χ0n) is 11.6. The van der Waals surface area contributed by atoms with Crippen molar-refractivity contribution >= 4 is 22.2 Å². The number of anilines is 2. The Morgan fingerprint density at radius 3 is 2.50 bits per heavy atom. The van der Waals surface area contributed by atoms with Crippen LogP contribution in [0.1, 0.15) is 11.1 Å². The smallest absolute Gasteiger partial charge is 0.187 e. The summed E-state index contributed by atoms with van der Waals surface area (Å²) in [5.74, 6) is 0. The fraction of sp³-hybridized carbons (Fsp3) is 0.118. The number of nitrogens with zero attached hydrogens (tertiary/aromatic N) is 1. The molecule has 0 aliphatic rings. The number of aromatic nitrogens is 1. The van der Waals surface area contributed by atoms with E-state index in [1.54, 1.807) is 11.3 Å². The van der Waals surface area contributed by atoms with Gasteiger partial charge in [-0.3, -0.25) is 0 Å². The van der Waals surface area contributed by atoms with Crippen LogP contribution >= 0.6 is 11.3 Å². The van der Waals surface area contributed by atoms with Crippen LogP contribution in [-0.4, -0.2) is 4.98 Å². The maximum Gasteiger partial charge on any atom is 0.187 e. The van der Waals surface area contributed by atoms with Crippen LogP contribution in [0.2, 0.25) is 0 Å². The highest BCUT2D eigenvalue weighted by Gasteiger charge is 2.04. The van der Waals surface area contributed by atoms with Crippen molar-refractivity contribution in [3.8, 4) is 11.3 Å². The van der Waals surface area contributed by atoms with Crippen LogP contribution in [-0.2, 0) is 0 Å². The fourth-order valence-corrected chi connectivity index (χ4v) is 2.76. The highest BCUT2D eigenvalue weighted by Crippen LogP contribution is 2.27. The molecule has 20 heavy (non-hydrogen) atoms. The second-order valence-corrected chi connectivity index (χ2v) is 5.69. The first-order chi connectivity index (χ1) is 9.72. The van der Waals surface area contributed by atoms with Gasteiger partial charge in [0.1, 0.15) is 0 Å². The zero-order valence-corrected chi connectivity index (χ0v) is 12.4. The van der Waals surface area contributed by atoms with Gasteiger partial charge in [-0.15, -0.1) is 11.3 Å². The van der Waals surface area contributed by atoms with Gasteiger partial charge in [-0.05, 0) is 37.1 Å². The Kier molecular flexibility index (Phi) is 3.52. The van der Waals surface area contributed by atoms with Gasteiger partial charge in [0.15, 0.2) is 5.13 Å². The minimum Gasteiger partial charge on any atom is -0.332 e. The summed E-state index contributed by atoms with van der Waals surface area (Å²) in [6.07, 6.45) is 0. The molecule has 0 bridgehead atoms. The van der Waals surface area contributed by atoms with Crippen LogP contribution in [0.15, 0.2) is 53.9 Å². The predicted octanol–water partition coefficient (Wildman–Crippen LogP) is 5.17. The summed E-state index contributed by atoms with van der Waals surface area (Å²) in [4.78, 5) is 4.64. The Hall–Kier alpha value is -2.13. The lowest BCUT2D eigenvalue weighted by molar-refractivity contribution is 1.33. The number of hydrogen-bond acceptors (Lipinski definition) is 3. The molecule has 1 heterocycles. The van der Waals surface area contributed by atoms with Gasteiger partial charge in [0.25, 0.3) is 0 Å². The van der Waals surface area contributed by atoms with E-state index in [1.165, 1.54) is 11.1 Å². The summed E-state index contributed by atoms with van der Waals surface area (Å²) in [5.41, 5.74) is 5.84. The minimum absolute atomic E-state index is 0.923. The normalized spacial score (nSPS) is 10.5. The molecule has 0 aliphatic carbocycles. The molecule has 2 aromatic carbocycles. The first-order valence-corrected chi connectivity index (χ1v) is 7.45. The van der Waals surface area contributed by atoms with Crippen LogP contribution in [0.4, 0.5) is 10.8 Å². The molecule has 3 aromatic rings. The molecule has 0 fully saturated rings. The average molecular weight is 280 g/mol. The molecule has 100 valence electrons. The Morgan fingerprint density at radius 1 is 0.950 bits per heavy atom. The van der Waals surface area contributed by atoms with E-state index in [0.717, 1.165) is 22.1 Å². The van der Waals surface area contributed by atoms with Crippen molar-refractivity contribution in [2.24, 2.45) is 0 Å². The standard InChI is InChI=1S/C17H16N2S/c1-12-8-9-15(10-13(12)2)18-17-19-16(11-20-17)14-6-4-3-5-7-14/h3-11H,1-2H3,(H,18,19). The van der Waals surface area contributed by atoms with E-state index in [9.17, 15) is 0 Å². The first kappa shape index (κ1) is 12.9. The Bertz CT molecular complexity index is 717. The summed E-state index contributed by atoms with van der Waals surface area (Å²) < 4.78 is 0. The monoisotopic (exact) mass is 280 g/mol. The molecular weight excluding hydrogens is 264 g/mol. The lowest BCUT2D eigenvalue weighted by Gasteiger charge is -2.05. The van der Waals surface area contributed by atoms with Crippen molar-refractivity contribution in [3.05, 3.63) is 65.0 Å². The number of thiazole rings is 1. The zero-order chi connectivity index (χ0) is 13.9. The van der Waals surface area contributed by atoms with Gasteiger partial charge in [0.2, 0.25) is 0 Å². The molecule has 1 N–H and O–H groups in total. The van der Waals surface area contributed by atoms with Crippen molar-refractivity contribution in [2.75, 3.05) is 5.32 Å². The van der Waals surface area contributed by atoms with Crippen LogP contribution < -0.4 is 5.32 Å². The van der Waals surface area contributed by atoms with Gasteiger partial charge in [-0.25, -0.2) is 4.98 Å². The topological polar surface area (TPSA) is 24.9 Å². The molecule has 0 unspecified atom stereocenters. The maximum atomic E-state index is 4.64. The number of nitrogens with one attached hydrogen (secondary N) is 1. The lowest BCUT2D eigenvalue weighted by atomic mass is 10.1. The molecule has 0 spiro atoms. The number of benzene rings is 2. The quantitative estimate of drug-likeness (QED) is 0.716. The van der Waals surface area contributed by atoms with Crippen molar-refractivity contribution in [1.82, 2.24) is 4.98 Å². The molecule has 3 rings (SSSR count). The van der Waals surface area contributed by atoms with Gasteiger partial charge < -0.3 is 5.32 Å². The first-order valence-electron chi connectivity index (χ1n) is 6.57. The third-order valence-corrected chi connectivity index (χ3v) is 4.09. The van der Waals surface area contributed by atoms with Gasteiger partial charge in [-0.2, -0.15) is 0 Å². The third-order valence-electron chi connectivity index (χ3n) is 3.33. The molecule has 0 radical (unpaired) electrons. The molecular formula is C17H16N2S. The Balaban J connectivity index is 1.82. The number of rotatable bonds is 3. The largest absolute Gasteiger partial charge is 0.332 e. The van der Waals surface area contributed by atoms with Gasteiger partial charge in [0.05, 0.1) is 5.69 Å². The van der Waals surface area contributed by atoms with E-state index in [1.807, 2.05) is 18.2 Å². The summed E-state index contributed by atoms with van der Waals surface area (Å²) >= 11 is 1.63. The highest BCUT2D eigenvalue weighted by molar-refractivity contribution is 7.14. The Labute approximate surface area is 123 Å². The van der Waals surface area contributed by atoms with Crippen LogP contribution in [0.25, 0.3) is 11.3 Å². The highest BCUT2D eigenvalue weighted by atomic mass is 32.1. The van der Waals surface area contributed by atoms with E-state index in [4.69, 9.17) is 0 Å². The fourth-order valence-electron chi connectivity index (χ4n) is 2.02. The van der Waals surface area contributed by atoms with E-state index in [-0.39, 0.29) is 0 Å². The van der Waals surface area contributed by atoms with Crippen molar-refractivity contribution in [3.63, 3.8) is 0 Å². The summed E-state index contributed by atoms with van der Waals surface area (Å²) in [6, 6.07) is 16.6. The number of aryl methyl sites for hydroxylation is 2. The third kappa shape index (κ3) is 2.73. The minimum atomic E-state index is 0.923. The van der Waals surface area contributed by atoms with Gasteiger partial charge in [0, 0.05) is 16.6 Å². The van der Waals surface area contributed by atoms with Crippen LogP contribution in [0, 0.1) is 13.8 Å². The SMILES string of the molecule is Cc1ccc(Nc2nc(-c3ccccc3)cs2)cc1C. The molecule has 2 nitrogen and oxygen atoms in total. The Morgan fingerprint density at radius 2 is 1.75 bits per heavy atom. The molecule has 0 atom stereocenters. The predicted molar refractivity (Wildman–Crippen MR) is 86.7 cm³/mol. The second kappa shape index (κ2) is 5.47. The molecule has 1 aromatic heterocycles. The number of hydrogen-bond donors (Lipinski definition) is 1. The van der Waals surface area contributed by atoms with Crippen molar-refractivity contribution < 1.29 is 0 Å². The van der Waals surface area contributed by atoms with Crippen LogP contribution in [0.5, 0.6) is 0 Å². The molecule has 3 heteroatoms. The summed E-state index contributed by atoms with van der Waals surface area (Å²) in [7, 11) is 0. The molecule has 0 saturated carbocycles. The van der Waals surface area contributed by atoms with E-state index in [2.05, 4.69) is 59.9 Å². The molecule has 0 amide bonds. The lowest BCUT2D eigenvalue weighted by Crippen LogP contribution is -1.91. The average Bonchev–Trinajstić information content (AvgIpc) is 2.92. The maximum absolute atomic E-state index is 4.64. The van der Waals surface area contributed by atoms with E-state index in [0.29, 0.717) is 0 Å². The second-order valence-electron chi connectivity index (χ2n) is 4.83. The van der Waals surface area contributed by atoms with Gasteiger partial charge in [-0.1, -0.05) is 36.4 Å². The summed E-state index contributed by atoms with van der Waals surface area (Å²) in [6.45, 7) is 4.24. The van der Waals surface area contributed by atoms with Crippen LogP contribution in [0.3, 0.4) is 0 Å². The molecule has 0 aliphatic heterocycles. The summed E-state index contributed by atoms with van der Waals surface area (Å²) in [5, 5.41) is 6.37. The van der Waals surface area contributed by atoms with E-state index >= 15 is 0 Å². The van der Waals surface area contributed by atoms with Gasteiger partial charge >= 0.3 is 0 Å². The van der Waals surface area contributed by atoms with Crippen molar-refractivity contribution in [2.45, 2.75) is 13.8 Å². The van der Waals surface area contributed by atoms with Crippen molar-refractivity contribution in [1.29, 1.82) is 0 Å².